The summed E-state index contributed by atoms with van der Waals surface area (Å²) in [6.45, 7) is 11.5. The van der Waals surface area contributed by atoms with Crippen LogP contribution in [0.4, 0.5) is 11.4 Å². The van der Waals surface area contributed by atoms with Crippen LogP contribution in [-0.2, 0) is 30.3 Å². The number of hydrogen-bond donors (Lipinski definition) is 1. The average molecular weight is 669 g/mol. The van der Waals surface area contributed by atoms with Gasteiger partial charge in [-0.1, -0.05) is 52.3 Å². The van der Waals surface area contributed by atoms with Crippen molar-refractivity contribution in [1.29, 1.82) is 0 Å². The zero-order valence-corrected chi connectivity index (χ0v) is 27.2. The van der Waals surface area contributed by atoms with Crippen LogP contribution >= 0.6 is 15.9 Å². The van der Waals surface area contributed by atoms with Crippen molar-refractivity contribution in [2.24, 2.45) is 11.8 Å². The molecule has 3 saturated heterocycles. The number of rotatable bonds is 13. The standard InChI is InChI=1S/C34H42BrN3O6/c1-5-18-37(24-16-14-23(15-17-24)36(6-2)7-3)32(41)30-34-20-26(35)29(44-34)27(33(42)43-8-4)28(34)31(40)38(30)25(21-39)19-22-12-10-9-11-13-22/h5,9-17,25-30,39H,1,6-8,18-21H2,2-4H3/t25-,26?,27-,28+,29-,30-,34+/m1/s1. The summed E-state index contributed by atoms with van der Waals surface area (Å²) in [5.74, 6) is -2.98. The number of alkyl halides is 1. The number of ether oxygens (including phenoxy) is 2. The van der Waals surface area contributed by atoms with Crippen molar-refractivity contribution in [3.8, 4) is 0 Å². The summed E-state index contributed by atoms with van der Waals surface area (Å²) in [6, 6.07) is 15.5. The SMILES string of the molecule is C=CCN(C(=O)[C@H]1N([C@@H](CO)Cc2ccccc2)C(=O)[C@@H]2[C@@H](C(=O)OCC)[C@@H]3O[C@@]21CC3Br)c1ccc(N(CC)CC)cc1. The number of aliphatic hydroxyl groups is 1. The first-order chi connectivity index (χ1) is 21.3. The Labute approximate surface area is 267 Å². The zero-order valence-electron chi connectivity index (χ0n) is 25.6. The number of hydrogen-bond acceptors (Lipinski definition) is 7. The molecule has 2 aromatic carbocycles. The fraction of sp³-hybridized carbons (Fsp3) is 0.500. The van der Waals surface area contributed by atoms with Crippen molar-refractivity contribution in [3.63, 3.8) is 0 Å². The lowest BCUT2D eigenvalue weighted by Gasteiger charge is -2.39. The fourth-order valence-corrected chi connectivity index (χ4v) is 8.36. The highest BCUT2D eigenvalue weighted by atomic mass is 79.9. The molecule has 2 amide bonds. The lowest BCUT2D eigenvalue weighted by molar-refractivity contribution is -0.155. The number of nitrogens with zero attached hydrogens (tertiary/aromatic N) is 3. The molecule has 7 atom stereocenters. The number of benzene rings is 2. The van der Waals surface area contributed by atoms with E-state index >= 15 is 0 Å². The molecular formula is C34H42BrN3O6. The maximum atomic E-state index is 14.9. The van der Waals surface area contributed by atoms with E-state index in [1.54, 1.807) is 17.9 Å². The number of carbonyl (C=O) groups is 3. The van der Waals surface area contributed by atoms with E-state index < -0.39 is 41.6 Å². The number of likely N-dealkylation sites (tertiary alicyclic amines) is 1. The number of fused-ring (bicyclic) bond motifs is 1. The molecule has 10 heteroatoms. The zero-order chi connectivity index (χ0) is 31.6. The maximum absolute atomic E-state index is 14.9. The van der Waals surface area contributed by atoms with E-state index in [1.807, 2.05) is 54.6 Å². The molecule has 5 rings (SSSR count). The second-order valence-electron chi connectivity index (χ2n) is 11.6. The van der Waals surface area contributed by atoms with Crippen molar-refractivity contribution in [2.75, 3.05) is 42.6 Å². The van der Waals surface area contributed by atoms with Crippen molar-refractivity contribution in [3.05, 3.63) is 72.8 Å². The van der Waals surface area contributed by atoms with Crippen molar-refractivity contribution < 1.29 is 29.0 Å². The number of carbonyl (C=O) groups excluding carboxylic acids is 3. The molecule has 1 spiro atoms. The van der Waals surface area contributed by atoms with Gasteiger partial charge >= 0.3 is 5.97 Å². The predicted octanol–water partition coefficient (Wildman–Crippen LogP) is 3.97. The van der Waals surface area contributed by atoms with Gasteiger partial charge in [0.1, 0.15) is 11.6 Å². The molecule has 0 aliphatic carbocycles. The Kier molecular flexibility index (Phi) is 9.82. The molecule has 9 nitrogen and oxygen atoms in total. The lowest BCUT2D eigenvalue weighted by Crippen LogP contribution is -2.59. The number of esters is 1. The number of amides is 2. The topological polar surface area (TPSA) is 99.6 Å². The molecule has 236 valence electrons. The van der Waals surface area contributed by atoms with E-state index in [0.717, 1.165) is 24.3 Å². The summed E-state index contributed by atoms with van der Waals surface area (Å²) in [5, 5.41) is 10.7. The maximum Gasteiger partial charge on any atom is 0.312 e. The molecule has 44 heavy (non-hydrogen) atoms. The molecule has 2 aromatic rings. The van der Waals surface area contributed by atoms with Gasteiger partial charge in [-0.3, -0.25) is 14.4 Å². The summed E-state index contributed by atoms with van der Waals surface area (Å²) in [5.41, 5.74) is 1.35. The van der Waals surface area contributed by atoms with Gasteiger partial charge in [-0.25, -0.2) is 0 Å². The van der Waals surface area contributed by atoms with Gasteiger partial charge < -0.3 is 29.3 Å². The molecule has 0 aromatic heterocycles. The van der Waals surface area contributed by atoms with Crippen LogP contribution < -0.4 is 9.80 Å². The highest BCUT2D eigenvalue weighted by Gasteiger charge is 2.77. The molecule has 0 radical (unpaired) electrons. The molecule has 2 bridgehead atoms. The van der Waals surface area contributed by atoms with Gasteiger partial charge in [-0.2, -0.15) is 0 Å². The lowest BCUT2D eigenvalue weighted by atomic mass is 9.70. The van der Waals surface area contributed by atoms with E-state index in [4.69, 9.17) is 9.47 Å². The van der Waals surface area contributed by atoms with Gasteiger partial charge in [0.15, 0.2) is 0 Å². The summed E-state index contributed by atoms with van der Waals surface area (Å²) >= 11 is 3.70. The molecular weight excluding hydrogens is 626 g/mol. The quantitative estimate of drug-likeness (QED) is 0.196. The van der Waals surface area contributed by atoms with Gasteiger partial charge in [0.2, 0.25) is 5.91 Å². The van der Waals surface area contributed by atoms with Crippen LogP contribution in [0.2, 0.25) is 0 Å². The van der Waals surface area contributed by atoms with Crippen molar-refractivity contribution in [1.82, 2.24) is 4.90 Å². The molecule has 3 aliphatic rings. The Morgan fingerprint density at radius 3 is 2.39 bits per heavy atom. The first-order valence-corrected chi connectivity index (χ1v) is 16.4. The van der Waals surface area contributed by atoms with Gasteiger partial charge in [-0.05, 0) is 63.4 Å². The molecule has 0 saturated carbocycles. The number of aliphatic hydroxyl groups excluding tert-OH is 1. The van der Waals surface area contributed by atoms with Crippen LogP contribution in [0.3, 0.4) is 0 Å². The van der Waals surface area contributed by atoms with Crippen LogP contribution in [0.15, 0.2) is 67.3 Å². The normalized spacial score (nSPS) is 27.6. The third kappa shape index (κ3) is 5.45. The van der Waals surface area contributed by atoms with Crippen molar-refractivity contribution >= 4 is 45.1 Å². The molecule has 3 aliphatic heterocycles. The fourth-order valence-electron chi connectivity index (χ4n) is 7.42. The van der Waals surface area contributed by atoms with E-state index in [9.17, 15) is 19.5 Å². The van der Waals surface area contributed by atoms with E-state index in [1.165, 1.54) is 4.90 Å². The van der Waals surface area contributed by atoms with Crippen molar-refractivity contribution in [2.45, 2.75) is 62.2 Å². The van der Waals surface area contributed by atoms with E-state index in [-0.39, 0.29) is 36.4 Å². The highest BCUT2D eigenvalue weighted by Crippen LogP contribution is 2.61. The summed E-state index contributed by atoms with van der Waals surface area (Å²) in [7, 11) is 0. The Morgan fingerprint density at radius 1 is 1.14 bits per heavy atom. The Hall–Kier alpha value is -3.21. The molecule has 1 unspecified atom stereocenters. The first-order valence-electron chi connectivity index (χ1n) is 15.5. The summed E-state index contributed by atoms with van der Waals surface area (Å²) in [4.78, 5) is 47.8. The largest absolute Gasteiger partial charge is 0.466 e. The first kappa shape index (κ1) is 32.2. The minimum absolute atomic E-state index is 0.166. The second-order valence-corrected chi connectivity index (χ2v) is 12.8. The smallest absolute Gasteiger partial charge is 0.312 e. The minimum Gasteiger partial charge on any atom is -0.466 e. The summed E-state index contributed by atoms with van der Waals surface area (Å²) in [6.07, 6.45) is 1.74. The Morgan fingerprint density at radius 2 is 1.80 bits per heavy atom. The van der Waals surface area contributed by atoms with Gasteiger partial charge in [0, 0.05) is 35.8 Å². The monoisotopic (exact) mass is 667 g/mol. The molecule has 3 fully saturated rings. The van der Waals surface area contributed by atoms with Gasteiger partial charge in [0.05, 0.1) is 37.2 Å². The molecule has 3 heterocycles. The summed E-state index contributed by atoms with van der Waals surface area (Å²) < 4.78 is 12.1. The van der Waals surface area contributed by atoms with E-state index in [2.05, 4.69) is 41.3 Å². The van der Waals surface area contributed by atoms with Gasteiger partial charge in [-0.15, -0.1) is 6.58 Å². The predicted molar refractivity (Wildman–Crippen MR) is 173 cm³/mol. The van der Waals surface area contributed by atoms with Gasteiger partial charge in [0.25, 0.3) is 5.91 Å². The van der Waals surface area contributed by atoms with Crippen LogP contribution in [0.5, 0.6) is 0 Å². The van der Waals surface area contributed by atoms with Crippen LogP contribution in [-0.4, -0.2) is 89.3 Å². The third-order valence-electron chi connectivity index (χ3n) is 9.31. The number of anilines is 2. The Balaban J connectivity index is 1.59. The Bertz CT molecular complexity index is 1350. The number of halogens is 1. The minimum atomic E-state index is -1.27. The third-order valence-corrected chi connectivity index (χ3v) is 10.2. The second kappa shape index (κ2) is 13.4. The molecule has 1 N–H and O–H groups in total. The van der Waals surface area contributed by atoms with Crippen LogP contribution in [0, 0.1) is 11.8 Å². The van der Waals surface area contributed by atoms with E-state index in [0.29, 0.717) is 18.5 Å². The highest BCUT2D eigenvalue weighted by molar-refractivity contribution is 9.09. The van der Waals surface area contributed by atoms with Crippen LogP contribution in [0.25, 0.3) is 0 Å². The average Bonchev–Trinajstić information content (AvgIpc) is 3.63. The van der Waals surface area contributed by atoms with Crippen LogP contribution in [0.1, 0.15) is 32.8 Å².